The van der Waals surface area contributed by atoms with Crippen molar-refractivity contribution < 1.29 is 57.3 Å². The second kappa shape index (κ2) is 22.3. The van der Waals surface area contributed by atoms with E-state index in [2.05, 4.69) is 34.6 Å². The monoisotopic (exact) mass is 794 g/mol. The van der Waals surface area contributed by atoms with Crippen molar-refractivity contribution in [3.05, 3.63) is 53.1 Å². The Balaban J connectivity index is 1.59. The fraction of sp³-hybridized carbons (Fsp3) is 0.578. The van der Waals surface area contributed by atoms with Crippen LogP contribution in [-0.2, 0) is 15.9 Å². The Hall–Kier alpha value is -4.71. The number of carbonyl (C=O) groups excluding carboxylic acids is 1. The van der Waals surface area contributed by atoms with Crippen molar-refractivity contribution in [3.8, 4) is 51.7 Å². The summed E-state index contributed by atoms with van der Waals surface area (Å²) in [5.41, 5.74) is 1.51. The number of aromatic hydroxyl groups is 1. The van der Waals surface area contributed by atoms with Crippen LogP contribution in [0.5, 0.6) is 51.7 Å². The number of hydrogen-bond acceptors (Lipinski definition) is 12. The highest BCUT2D eigenvalue weighted by atomic mass is 16.9. The van der Waals surface area contributed by atoms with Crippen molar-refractivity contribution in [2.45, 2.75) is 131 Å². The molecular formula is C45H62O12. The Morgan fingerprint density at radius 2 is 1.23 bits per heavy atom. The van der Waals surface area contributed by atoms with Crippen LogP contribution < -0.4 is 37.9 Å². The number of ether oxygens (including phenoxy) is 10. The molecule has 0 fully saturated rings. The van der Waals surface area contributed by atoms with E-state index in [1.54, 1.807) is 6.92 Å². The zero-order valence-corrected chi connectivity index (χ0v) is 34.7. The molecule has 1 unspecified atom stereocenters. The topological polar surface area (TPSA) is 130 Å². The van der Waals surface area contributed by atoms with Crippen molar-refractivity contribution in [3.63, 3.8) is 0 Å². The lowest BCUT2D eigenvalue weighted by molar-refractivity contribution is -0.173. The van der Waals surface area contributed by atoms with Gasteiger partial charge in [0.25, 0.3) is 0 Å². The molecule has 0 bridgehead atoms. The van der Waals surface area contributed by atoms with Gasteiger partial charge in [-0.05, 0) is 63.3 Å². The number of unbranched alkanes of at least 4 members (excludes halogenated alkanes) is 5. The number of hydrogen-bond donors (Lipinski definition) is 1. The molecule has 0 amide bonds. The average Bonchev–Trinajstić information content (AvgIpc) is 3.62. The maximum atomic E-state index is 14.1. The predicted molar refractivity (Wildman–Crippen MR) is 216 cm³/mol. The van der Waals surface area contributed by atoms with E-state index in [4.69, 9.17) is 47.4 Å². The van der Waals surface area contributed by atoms with Gasteiger partial charge in [0.15, 0.2) is 29.1 Å². The third-order valence-corrected chi connectivity index (χ3v) is 9.56. The molecule has 0 saturated heterocycles. The van der Waals surface area contributed by atoms with Gasteiger partial charge in [0, 0.05) is 29.7 Å². The third kappa shape index (κ3) is 11.7. The van der Waals surface area contributed by atoms with Gasteiger partial charge in [0.2, 0.25) is 11.5 Å². The molecule has 5 rings (SSSR count). The van der Waals surface area contributed by atoms with Crippen LogP contribution in [0.3, 0.4) is 0 Å². The first kappa shape index (κ1) is 43.4. The number of carbonyl (C=O) groups is 1. The summed E-state index contributed by atoms with van der Waals surface area (Å²) in [6.45, 7) is 14.2. The van der Waals surface area contributed by atoms with Crippen LogP contribution in [-0.4, -0.2) is 63.3 Å². The SMILES string of the molecule is CCCCOc1cc(OCCCC)c2c(c1)O[C@H](c1cc(OCCCC)c(OCCCC)c(OCCCC)c1)[C@H](OC(=O)c1cc(O)c3c(c1)OC(OCC)O3)C2. The Morgan fingerprint density at radius 3 is 1.82 bits per heavy atom. The summed E-state index contributed by atoms with van der Waals surface area (Å²) in [6, 6.07) is 10.4. The molecule has 2 aliphatic rings. The minimum absolute atomic E-state index is 0.0717. The van der Waals surface area contributed by atoms with Crippen LogP contribution in [0, 0.1) is 0 Å². The lowest BCUT2D eigenvalue weighted by atomic mass is 9.93. The minimum atomic E-state index is -1.03. The molecule has 314 valence electrons. The molecular weight excluding hydrogens is 732 g/mol. The molecule has 12 nitrogen and oxygen atoms in total. The van der Waals surface area contributed by atoms with E-state index in [-0.39, 0.29) is 29.2 Å². The van der Waals surface area contributed by atoms with E-state index < -0.39 is 24.7 Å². The fourth-order valence-electron chi connectivity index (χ4n) is 6.32. The summed E-state index contributed by atoms with van der Waals surface area (Å²) in [4.78, 5) is 14.1. The Bertz CT molecular complexity index is 1690. The average molecular weight is 795 g/mol. The molecule has 3 aromatic carbocycles. The molecule has 57 heavy (non-hydrogen) atoms. The summed E-state index contributed by atoms with van der Waals surface area (Å²) in [7, 11) is 0. The van der Waals surface area contributed by atoms with Gasteiger partial charge in [-0.1, -0.05) is 66.7 Å². The van der Waals surface area contributed by atoms with E-state index in [1.165, 1.54) is 12.1 Å². The van der Waals surface area contributed by atoms with Crippen LogP contribution >= 0.6 is 0 Å². The Kier molecular flexibility index (Phi) is 17.0. The lowest BCUT2D eigenvalue weighted by Crippen LogP contribution is -2.35. The highest BCUT2D eigenvalue weighted by Gasteiger charge is 2.39. The molecule has 2 aliphatic heterocycles. The van der Waals surface area contributed by atoms with Crippen molar-refractivity contribution in [2.24, 2.45) is 0 Å². The fourth-order valence-corrected chi connectivity index (χ4v) is 6.32. The molecule has 1 N–H and O–H groups in total. The number of phenols is 1. The molecule has 3 aromatic rings. The molecule has 0 aromatic heterocycles. The van der Waals surface area contributed by atoms with Gasteiger partial charge in [0.05, 0.1) is 45.2 Å². The normalized spacial score (nSPS) is 16.7. The van der Waals surface area contributed by atoms with Crippen molar-refractivity contribution in [1.29, 1.82) is 0 Å². The molecule has 0 spiro atoms. The molecule has 0 saturated carbocycles. The molecule has 3 atom stereocenters. The van der Waals surface area contributed by atoms with E-state index in [1.807, 2.05) is 24.3 Å². The predicted octanol–water partition coefficient (Wildman–Crippen LogP) is 10.3. The molecule has 0 aliphatic carbocycles. The number of rotatable bonds is 25. The quantitative estimate of drug-likeness (QED) is 0.0647. The zero-order valence-electron chi connectivity index (χ0n) is 34.7. The molecule has 2 heterocycles. The van der Waals surface area contributed by atoms with Crippen molar-refractivity contribution in [1.82, 2.24) is 0 Å². The van der Waals surface area contributed by atoms with Gasteiger partial charge in [-0.3, -0.25) is 0 Å². The first-order chi connectivity index (χ1) is 27.8. The van der Waals surface area contributed by atoms with Gasteiger partial charge >= 0.3 is 12.4 Å². The summed E-state index contributed by atoms with van der Waals surface area (Å²) >= 11 is 0. The van der Waals surface area contributed by atoms with Gasteiger partial charge in [0.1, 0.15) is 23.4 Å². The Labute approximate surface area is 337 Å². The summed E-state index contributed by atoms with van der Waals surface area (Å²) in [5, 5.41) is 10.8. The highest BCUT2D eigenvalue weighted by Crippen LogP contribution is 2.48. The summed E-state index contributed by atoms with van der Waals surface area (Å²) in [5.74, 6) is 2.74. The van der Waals surface area contributed by atoms with E-state index in [0.29, 0.717) is 79.7 Å². The van der Waals surface area contributed by atoms with Gasteiger partial charge < -0.3 is 52.5 Å². The smallest absolute Gasteiger partial charge is 0.361 e. The van der Waals surface area contributed by atoms with Crippen LogP contribution in [0.15, 0.2) is 36.4 Å². The molecule has 12 heteroatoms. The van der Waals surface area contributed by atoms with E-state index in [0.717, 1.165) is 69.8 Å². The van der Waals surface area contributed by atoms with E-state index in [9.17, 15) is 9.90 Å². The highest BCUT2D eigenvalue weighted by molar-refractivity contribution is 5.91. The minimum Gasteiger partial charge on any atom is -0.504 e. The van der Waals surface area contributed by atoms with Crippen LogP contribution in [0.2, 0.25) is 0 Å². The lowest BCUT2D eigenvalue weighted by Gasteiger charge is -2.35. The maximum absolute atomic E-state index is 14.1. The number of fused-ring (bicyclic) bond motifs is 2. The van der Waals surface area contributed by atoms with Crippen molar-refractivity contribution in [2.75, 3.05) is 39.6 Å². The second-order valence-corrected chi connectivity index (χ2v) is 14.2. The van der Waals surface area contributed by atoms with Gasteiger partial charge in [-0.25, -0.2) is 4.79 Å². The summed E-state index contributed by atoms with van der Waals surface area (Å²) in [6.07, 6.45) is 7.79. The standard InChI is InChI=1S/C45H62O12/c1-7-13-18-49-32-27-35(50-19-14-8-2)33-29-40(55-44(47)31-23-34(46)42-39(26-31)56-45(57-42)48-12-6)41(54-36(33)28-32)30-24-37(51-20-15-9-3)43(53-22-17-11-5)38(25-30)52-21-16-10-4/h23-28,40-41,45-46H,7-22,29H2,1-6H3/t40-,41-,45?/m1/s1. The van der Waals surface area contributed by atoms with Gasteiger partial charge in [-0.15, -0.1) is 0 Å². The first-order valence-electron chi connectivity index (χ1n) is 21.0. The zero-order chi connectivity index (χ0) is 40.6. The van der Waals surface area contributed by atoms with Crippen LogP contribution in [0.25, 0.3) is 0 Å². The third-order valence-electron chi connectivity index (χ3n) is 9.56. The number of esters is 1. The van der Waals surface area contributed by atoms with Crippen molar-refractivity contribution >= 4 is 5.97 Å². The van der Waals surface area contributed by atoms with Crippen LogP contribution in [0.1, 0.15) is 133 Å². The molecule has 0 radical (unpaired) electrons. The maximum Gasteiger partial charge on any atom is 0.361 e. The Morgan fingerprint density at radius 1 is 0.649 bits per heavy atom. The van der Waals surface area contributed by atoms with E-state index >= 15 is 0 Å². The van der Waals surface area contributed by atoms with Gasteiger partial charge in [-0.2, -0.15) is 0 Å². The number of benzene rings is 3. The summed E-state index contributed by atoms with van der Waals surface area (Å²) < 4.78 is 61.6. The largest absolute Gasteiger partial charge is 0.504 e. The van der Waals surface area contributed by atoms with Crippen LogP contribution in [0.4, 0.5) is 0 Å². The second-order valence-electron chi connectivity index (χ2n) is 14.2. The first-order valence-corrected chi connectivity index (χ1v) is 21.0. The number of phenolic OH excluding ortho intramolecular Hbond substituents is 1.